The number of ether oxygens (including phenoxy) is 1. The summed E-state index contributed by atoms with van der Waals surface area (Å²) in [6.07, 6.45) is 3.43. The highest BCUT2D eigenvalue weighted by molar-refractivity contribution is 5.87. The van der Waals surface area contributed by atoms with Crippen LogP contribution in [0.3, 0.4) is 0 Å². The van der Waals surface area contributed by atoms with E-state index in [2.05, 4.69) is 9.98 Å². The minimum absolute atomic E-state index is 0.0611. The summed E-state index contributed by atoms with van der Waals surface area (Å²) in [5.41, 5.74) is 8.18. The van der Waals surface area contributed by atoms with Crippen LogP contribution < -0.4 is 10.5 Å². The molecule has 4 rings (SSSR count). The number of benzene rings is 1. The molecule has 1 saturated carbocycles. The SMILES string of the molecule is CN(C=O)/C(N)=N\C1c2cc(-c3cncc(F)c3)ccc2OC2CC(F)CCC21. The zero-order chi connectivity index (χ0) is 20.5. The number of hydrogen-bond donors (Lipinski definition) is 1. The first-order valence-electron chi connectivity index (χ1n) is 9.53. The van der Waals surface area contributed by atoms with Crippen molar-refractivity contribution in [2.45, 2.75) is 37.6 Å². The van der Waals surface area contributed by atoms with Gasteiger partial charge in [0.2, 0.25) is 6.41 Å². The van der Waals surface area contributed by atoms with E-state index in [-0.39, 0.29) is 24.0 Å². The van der Waals surface area contributed by atoms with Gasteiger partial charge >= 0.3 is 0 Å². The largest absolute Gasteiger partial charge is 0.490 e. The van der Waals surface area contributed by atoms with Gasteiger partial charge in [0.25, 0.3) is 0 Å². The fourth-order valence-electron chi connectivity index (χ4n) is 4.08. The Bertz CT molecular complexity index is 952. The molecule has 152 valence electrons. The van der Waals surface area contributed by atoms with Crippen molar-refractivity contribution >= 4 is 12.4 Å². The molecule has 2 N–H and O–H groups in total. The van der Waals surface area contributed by atoms with E-state index in [4.69, 9.17) is 10.5 Å². The van der Waals surface area contributed by atoms with Crippen molar-refractivity contribution in [3.63, 3.8) is 0 Å². The number of amides is 1. The van der Waals surface area contributed by atoms with Crippen LogP contribution in [0.1, 0.15) is 30.9 Å². The lowest BCUT2D eigenvalue weighted by Gasteiger charge is -2.42. The number of guanidine groups is 1. The second-order valence-corrected chi connectivity index (χ2v) is 7.52. The highest BCUT2D eigenvalue weighted by Crippen LogP contribution is 2.48. The van der Waals surface area contributed by atoms with Crippen LogP contribution >= 0.6 is 0 Å². The zero-order valence-corrected chi connectivity index (χ0v) is 16.0. The molecule has 1 aromatic heterocycles. The number of alkyl halides is 1. The predicted octanol–water partition coefficient (Wildman–Crippen LogP) is 3.23. The monoisotopic (exact) mass is 400 g/mol. The Morgan fingerprint density at radius 1 is 1.31 bits per heavy atom. The standard InChI is InChI=1S/C21H22F2N4O2/c1-27(11-28)21(24)26-20-16-4-3-14(22)8-19(16)29-18-5-2-12(7-17(18)20)13-6-15(23)10-25-9-13/h2,5-7,9-11,14,16,19-20H,3-4,8H2,1H3,(H2,24,26). The quantitative estimate of drug-likeness (QED) is 0.487. The number of nitrogens with two attached hydrogens (primary N) is 1. The van der Waals surface area contributed by atoms with Crippen molar-refractivity contribution in [1.29, 1.82) is 0 Å². The Balaban J connectivity index is 1.79. The molecule has 1 aromatic carbocycles. The van der Waals surface area contributed by atoms with Crippen LogP contribution in [-0.4, -0.2) is 41.6 Å². The lowest BCUT2D eigenvalue weighted by molar-refractivity contribution is -0.114. The lowest BCUT2D eigenvalue weighted by atomic mass is 9.76. The summed E-state index contributed by atoms with van der Waals surface area (Å²) in [5, 5.41) is 0. The topological polar surface area (TPSA) is 80.8 Å². The minimum atomic E-state index is -0.907. The van der Waals surface area contributed by atoms with Crippen LogP contribution in [0.5, 0.6) is 5.75 Å². The van der Waals surface area contributed by atoms with Crippen LogP contribution in [0.15, 0.2) is 41.7 Å². The number of fused-ring (bicyclic) bond motifs is 2. The molecule has 1 aliphatic heterocycles. The van der Waals surface area contributed by atoms with Crippen LogP contribution in [0.2, 0.25) is 0 Å². The van der Waals surface area contributed by atoms with Crippen LogP contribution in [0, 0.1) is 11.7 Å². The molecule has 2 aromatic rings. The molecule has 0 saturated heterocycles. The van der Waals surface area contributed by atoms with Crippen molar-refractivity contribution in [2.75, 3.05) is 7.05 Å². The maximum atomic E-state index is 14.0. The van der Waals surface area contributed by atoms with Gasteiger partial charge in [-0.25, -0.2) is 13.8 Å². The summed E-state index contributed by atoms with van der Waals surface area (Å²) in [7, 11) is 1.52. The van der Waals surface area contributed by atoms with Gasteiger partial charge in [-0.05, 0) is 36.6 Å². The smallest absolute Gasteiger partial charge is 0.216 e. The summed E-state index contributed by atoms with van der Waals surface area (Å²) >= 11 is 0. The first kappa shape index (κ1) is 19.3. The number of aliphatic imine (C=N–C) groups is 1. The molecule has 1 aliphatic carbocycles. The Morgan fingerprint density at radius 2 is 2.14 bits per heavy atom. The average Bonchev–Trinajstić information content (AvgIpc) is 2.72. The molecule has 1 amide bonds. The van der Waals surface area contributed by atoms with Gasteiger partial charge < -0.3 is 10.5 Å². The molecule has 29 heavy (non-hydrogen) atoms. The fraction of sp³-hybridized carbons (Fsp3) is 0.381. The van der Waals surface area contributed by atoms with E-state index in [9.17, 15) is 13.6 Å². The van der Waals surface area contributed by atoms with Gasteiger partial charge in [-0.15, -0.1) is 0 Å². The Morgan fingerprint density at radius 3 is 2.90 bits per heavy atom. The first-order valence-corrected chi connectivity index (χ1v) is 9.53. The minimum Gasteiger partial charge on any atom is -0.490 e. The van der Waals surface area contributed by atoms with E-state index >= 15 is 0 Å². The Hall–Kier alpha value is -3.03. The molecule has 6 nitrogen and oxygen atoms in total. The second-order valence-electron chi connectivity index (χ2n) is 7.52. The maximum Gasteiger partial charge on any atom is 0.216 e. The Labute approximate surface area is 167 Å². The molecule has 2 heterocycles. The summed E-state index contributed by atoms with van der Waals surface area (Å²) in [5.74, 6) is 0.193. The molecule has 8 heteroatoms. The molecular formula is C21H22F2N4O2. The van der Waals surface area contributed by atoms with Crippen molar-refractivity contribution in [1.82, 2.24) is 9.88 Å². The molecule has 0 radical (unpaired) electrons. The highest BCUT2D eigenvalue weighted by atomic mass is 19.1. The number of aromatic nitrogens is 1. The summed E-state index contributed by atoms with van der Waals surface area (Å²) in [4.78, 5) is 20.8. The van der Waals surface area contributed by atoms with E-state index in [1.165, 1.54) is 18.0 Å². The number of carbonyl (C=O) groups is 1. The second kappa shape index (κ2) is 7.77. The number of rotatable bonds is 3. The fourth-order valence-corrected chi connectivity index (χ4v) is 4.08. The van der Waals surface area contributed by atoms with Gasteiger partial charge in [0.15, 0.2) is 5.96 Å². The van der Waals surface area contributed by atoms with Crippen molar-refractivity contribution in [2.24, 2.45) is 16.6 Å². The first-order chi connectivity index (χ1) is 14.0. The van der Waals surface area contributed by atoms with E-state index in [1.807, 2.05) is 12.1 Å². The average molecular weight is 400 g/mol. The predicted molar refractivity (Wildman–Crippen MR) is 104 cm³/mol. The van der Waals surface area contributed by atoms with Gasteiger partial charge in [0.1, 0.15) is 23.8 Å². The summed E-state index contributed by atoms with van der Waals surface area (Å²) in [6, 6.07) is 6.50. The third-order valence-electron chi connectivity index (χ3n) is 5.62. The van der Waals surface area contributed by atoms with Crippen LogP contribution in [0.4, 0.5) is 8.78 Å². The van der Waals surface area contributed by atoms with Gasteiger partial charge in [0.05, 0.1) is 12.2 Å². The van der Waals surface area contributed by atoms with Crippen molar-refractivity contribution in [3.8, 4) is 16.9 Å². The maximum absolute atomic E-state index is 14.0. The van der Waals surface area contributed by atoms with Gasteiger partial charge in [0, 0.05) is 36.7 Å². The van der Waals surface area contributed by atoms with Crippen molar-refractivity contribution in [3.05, 3.63) is 48.0 Å². The molecule has 0 bridgehead atoms. The normalized spacial score (nSPS) is 26.1. The third-order valence-corrected chi connectivity index (χ3v) is 5.62. The van der Waals surface area contributed by atoms with Crippen LogP contribution in [0.25, 0.3) is 11.1 Å². The van der Waals surface area contributed by atoms with Crippen LogP contribution in [-0.2, 0) is 4.79 Å². The number of nitrogens with zero attached hydrogens (tertiary/aromatic N) is 3. The summed E-state index contributed by atoms with van der Waals surface area (Å²) in [6.45, 7) is 0. The number of carbonyl (C=O) groups excluding carboxylic acids is 1. The van der Waals surface area contributed by atoms with Gasteiger partial charge in [-0.2, -0.15) is 0 Å². The van der Waals surface area contributed by atoms with E-state index in [0.29, 0.717) is 37.0 Å². The number of hydrogen-bond acceptors (Lipinski definition) is 4. The van der Waals surface area contributed by atoms with Gasteiger partial charge in [-0.3, -0.25) is 14.7 Å². The lowest BCUT2D eigenvalue weighted by Crippen LogP contribution is -2.42. The molecule has 0 spiro atoms. The molecule has 2 aliphatic rings. The number of pyridine rings is 1. The highest BCUT2D eigenvalue weighted by Gasteiger charge is 2.42. The zero-order valence-electron chi connectivity index (χ0n) is 16.0. The number of halogens is 2. The van der Waals surface area contributed by atoms with E-state index in [0.717, 1.165) is 17.3 Å². The Kier molecular flexibility index (Phi) is 5.17. The van der Waals surface area contributed by atoms with Gasteiger partial charge in [-0.1, -0.05) is 6.07 Å². The van der Waals surface area contributed by atoms with Crippen molar-refractivity contribution < 1.29 is 18.3 Å². The summed E-state index contributed by atoms with van der Waals surface area (Å²) < 4.78 is 33.7. The van der Waals surface area contributed by atoms with E-state index in [1.54, 1.807) is 12.3 Å². The molecule has 1 fully saturated rings. The molecule has 4 atom stereocenters. The molecular weight excluding hydrogens is 378 g/mol. The third kappa shape index (κ3) is 3.79. The molecule has 4 unspecified atom stereocenters. The van der Waals surface area contributed by atoms with E-state index < -0.39 is 12.0 Å².